The lowest BCUT2D eigenvalue weighted by molar-refractivity contribution is 0.0772. The molecule has 116 valence electrons. The Bertz CT molecular complexity index is 675. The first-order chi connectivity index (χ1) is 10.5. The normalized spacial score (nSPS) is 10.3. The summed E-state index contributed by atoms with van der Waals surface area (Å²) in [7, 11) is 0. The van der Waals surface area contributed by atoms with Gasteiger partial charge in [0.1, 0.15) is 5.76 Å². The van der Waals surface area contributed by atoms with Gasteiger partial charge >= 0.3 is 0 Å². The molecule has 1 aromatic carbocycles. The van der Waals surface area contributed by atoms with Crippen LogP contribution in [0.4, 0.5) is 5.69 Å². The van der Waals surface area contributed by atoms with Gasteiger partial charge in [-0.05, 0) is 39.0 Å². The van der Waals surface area contributed by atoms with Crippen LogP contribution >= 0.6 is 0 Å². The summed E-state index contributed by atoms with van der Waals surface area (Å²) in [5, 5.41) is 6.37. The summed E-state index contributed by atoms with van der Waals surface area (Å²) in [6, 6.07) is 8.41. The number of carbonyl (C=O) groups excluding carboxylic acids is 2. The van der Waals surface area contributed by atoms with Crippen LogP contribution in [0.2, 0.25) is 0 Å². The van der Waals surface area contributed by atoms with E-state index in [0.29, 0.717) is 30.1 Å². The van der Waals surface area contributed by atoms with E-state index in [1.165, 1.54) is 0 Å². The number of hydrogen-bond donors (Lipinski definition) is 1. The van der Waals surface area contributed by atoms with Crippen LogP contribution in [0.3, 0.4) is 0 Å². The Balaban J connectivity index is 2.15. The largest absolute Gasteiger partial charge is 0.361 e. The fourth-order valence-corrected chi connectivity index (χ4v) is 2.09. The minimum Gasteiger partial charge on any atom is -0.361 e. The maximum Gasteiger partial charge on any atom is 0.277 e. The van der Waals surface area contributed by atoms with E-state index in [0.717, 1.165) is 0 Å². The molecule has 0 saturated carbocycles. The highest BCUT2D eigenvalue weighted by Crippen LogP contribution is 2.14. The third kappa shape index (κ3) is 3.52. The molecule has 0 unspecified atom stereocenters. The number of rotatable bonds is 5. The predicted molar refractivity (Wildman–Crippen MR) is 82.9 cm³/mol. The first-order valence-corrected chi connectivity index (χ1v) is 7.19. The molecular formula is C16H19N3O3. The summed E-state index contributed by atoms with van der Waals surface area (Å²) < 4.78 is 4.87. The second kappa shape index (κ2) is 6.89. The van der Waals surface area contributed by atoms with Crippen molar-refractivity contribution in [3.63, 3.8) is 0 Å². The van der Waals surface area contributed by atoms with Crippen molar-refractivity contribution in [1.29, 1.82) is 0 Å². The highest BCUT2D eigenvalue weighted by Gasteiger charge is 2.15. The van der Waals surface area contributed by atoms with Crippen molar-refractivity contribution < 1.29 is 14.1 Å². The van der Waals surface area contributed by atoms with E-state index < -0.39 is 0 Å². The fraction of sp³-hybridized carbons (Fsp3) is 0.312. The van der Waals surface area contributed by atoms with Gasteiger partial charge in [0.2, 0.25) is 0 Å². The summed E-state index contributed by atoms with van der Waals surface area (Å²) in [4.78, 5) is 26.1. The zero-order valence-corrected chi connectivity index (χ0v) is 12.9. The van der Waals surface area contributed by atoms with Crippen molar-refractivity contribution in [3.8, 4) is 0 Å². The number of carbonyl (C=O) groups is 2. The molecule has 1 heterocycles. The van der Waals surface area contributed by atoms with Gasteiger partial charge in [-0.1, -0.05) is 11.2 Å². The maximum atomic E-state index is 12.3. The molecule has 0 aliphatic carbocycles. The number of anilines is 1. The second-order valence-corrected chi connectivity index (χ2v) is 4.84. The molecule has 2 aromatic rings. The maximum absolute atomic E-state index is 12.3. The zero-order chi connectivity index (χ0) is 16.1. The molecule has 0 bridgehead atoms. The average Bonchev–Trinajstić information content (AvgIpc) is 2.95. The van der Waals surface area contributed by atoms with E-state index in [2.05, 4.69) is 10.5 Å². The number of benzene rings is 1. The standard InChI is InChI=1S/C16H19N3O3/c1-4-19(5-2)16(21)12-7-6-8-13(10-12)17-15(20)14-9-11(3)22-18-14/h6-10H,4-5H2,1-3H3,(H,17,20). The van der Waals surface area contributed by atoms with Crippen molar-refractivity contribution in [3.05, 3.63) is 47.3 Å². The SMILES string of the molecule is CCN(CC)C(=O)c1cccc(NC(=O)c2cc(C)on2)c1. The average molecular weight is 301 g/mol. The molecule has 22 heavy (non-hydrogen) atoms. The highest BCUT2D eigenvalue weighted by atomic mass is 16.5. The lowest BCUT2D eigenvalue weighted by Crippen LogP contribution is -2.30. The van der Waals surface area contributed by atoms with Crippen LogP contribution in [-0.4, -0.2) is 35.0 Å². The minimum atomic E-state index is -0.371. The minimum absolute atomic E-state index is 0.0571. The van der Waals surface area contributed by atoms with E-state index in [1.807, 2.05) is 13.8 Å². The number of aryl methyl sites for hydroxylation is 1. The lowest BCUT2D eigenvalue weighted by atomic mass is 10.1. The summed E-state index contributed by atoms with van der Waals surface area (Å²) in [5.74, 6) is 0.137. The number of amides is 2. The van der Waals surface area contributed by atoms with Crippen LogP contribution in [0.5, 0.6) is 0 Å². The van der Waals surface area contributed by atoms with Crippen LogP contribution in [0.15, 0.2) is 34.9 Å². The molecule has 0 radical (unpaired) electrons. The van der Waals surface area contributed by atoms with Crippen molar-refractivity contribution in [2.75, 3.05) is 18.4 Å². The van der Waals surface area contributed by atoms with Crippen LogP contribution in [0.25, 0.3) is 0 Å². The number of aromatic nitrogens is 1. The quantitative estimate of drug-likeness (QED) is 0.921. The van der Waals surface area contributed by atoms with Crippen molar-refractivity contribution >= 4 is 17.5 Å². The van der Waals surface area contributed by atoms with E-state index >= 15 is 0 Å². The van der Waals surface area contributed by atoms with Crippen LogP contribution in [0, 0.1) is 6.92 Å². The Labute approximate surface area is 129 Å². The Morgan fingerprint density at radius 2 is 1.95 bits per heavy atom. The second-order valence-electron chi connectivity index (χ2n) is 4.84. The molecule has 0 atom stereocenters. The summed E-state index contributed by atoms with van der Waals surface area (Å²) >= 11 is 0. The molecule has 0 saturated heterocycles. The Morgan fingerprint density at radius 1 is 1.23 bits per heavy atom. The van der Waals surface area contributed by atoms with Gasteiger partial charge in [0.25, 0.3) is 11.8 Å². The third-order valence-electron chi connectivity index (χ3n) is 3.28. The van der Waals surface area contributed by atoms with Gasteiger partial charge in [-0.25, -0.2) is 0 Å². The van der Waals surface area contributed by atoms with Gasteiger partial charge in [0.05, 0.1) is 0 Å². The number of hydrogen-bond acceptors (Lipinski definition) is 4. The number of nitrogens with one attached hydrogen (secondary N) is 1. The van der Waals surface area contributed by atoms with Crippen molar-refractivity contribution in [1.82, 2.24) is 10.1 Å². The van der Waals surface area contributed by atoms with Crippen LogP contribution < -0.4 is 5.32 Å². The molecule has 1 N–H and O–H groups in total. The molecule has 0 spiro atoms. The lowest BCUT2D eigenvalue weighted by Gasteiger charge is -2.18. The van der Waals surface area contributed by atoms with Gasteiger partial charge in [-0.2, -0.15) is 0 Å². The first kappa shape index (κ1) is 15.8. The van der Waals surface area contributed by atoms with E-state index in [4.69, 9.17) is 4.52 Å². The number of nitrogens with zero attached hydrogens (tertiary/aromatic N) is 2. The van der Waals surface area contributed by atoms with Gasteiger partial charge < -0.3 is 14.7 Å². The molecule has 2 rings (SSSR count). The summed E-state index contributed by atoms with van der Waals surface area (Å²) in [6.45, 7) is 6.86. The van der Waals surface area contributed by atoms with E-state index in [-0.39, 0.29) is 17.5 Å². The summed E-state index contributed by atoms with van der Waals surface area (Å²) in [5.41, 5.74) is 1.29. The third-order valence-corrected chi connectivity index (χ3v) is 3.28. The molecule has 6 heteroatoms. The summed E-state index contributed by atoms with van der Waals surface area (Å²) in [6.07, 6.45) is 0. The smallest absolute Gasteiger partial charge is 0.277 e. The molecule has 2 amide bonds. The highest BCUT2D eigenvalue weighted by molar-refractivity contribution is 6.03. The van der Waals surface area contributed by atoms with Crippen LogP contribution in [0.1, 0.15) is 40.5 Å². The molecule has 1 aromatic heterocycles. The Hall–Kier alpha value is -2.63. The molecule has 0 fully saturated rings. The molecule has 0 aliphatic rings. The topological polar surface area (TPSA) is 75.4 Å². The predicted octanol–water partition coefficient (Wildman–Crippen LogP) is 2.72. The van der Waals surface area contributed by atoms with Gasteiger partial charge in [-0.3, -0.25) is 9.59 Å². The van der Waals surface area contributed by atoms with E-state index in [9.17, 15) is 9.59 Å². The monoisotopic (exact) mass is 301 g/mol. The Kier molecular flexibility index (Phi) is 4.93. The van der Waals surface area contributed by atoms with Crippen molar-refractivity contribution in [2.45, 2.75) is 20.8 Å². The molecular weight excluding hydrogens is 282 g/mol. The van der Waals surface area contributed by atoms with Crippen molar-refractivity contribution in [2.24, 2.45) is 0 Å². The van der Waals surface area contributed by atoms with Gasteiger partial charge in [-0.15, -0.1) is 0 Å². The Morgan fingerprint density at radius 3 is 2.55 bits per heavy atom. The zero-order valence-electron chi connectivity index (χ0n) is 12.9. The molecule has 0 aliphatic heterocycles. The van der Waals surface area contributed by atoms with Gasteiger partial charge in [0.15, 0.2) is 5.69 Å². The first-order valence-electron chi connectivity index (χ1n) is 7.19. The molecule has 6 nitrogen and oxygen atoms in total. The van der Waals surface area contributed by atoms with Gasteiger partial charge in [0, 0.05) is 30.4 Å². The fourth-order valence-electron chi connectivity index (χ4n) is 2.09. The van der Waals surface area contributed by atoms with Crippen LogP contribution in [-0.2, 0) is 0 Å². The van der Waals surface area contributed by atoms with E-state index in [1.54, 1.807) is 42.2 Å².